The van der Waals surface area contributed by atoms with Crippen LogP contribution in [0.2, 0.25) is 0 Å². The van der Waals surface area contributed by atoms with Crippen LogP contribution in [-0.2, 0) is 9.53 Å². The summed E-state index contributed by atoms with van der Waals surface area (Å²) in [4.78, 5) is 12.5. The van der Waals surface area contributed by atoms with Gasteiger partial charge in [-0.3, -0.25) is 4.79 Å². The zero-order valence-electron chi connectivity index (χ0n) is 16.5. The summed E-state index contributed by atoms with van der Waals surface area (Å²) in [6.45, 7) is 8.68. The average molecular weight is 389 g/mol. The van der Waals surface area contributed by atoms with E-state index >= 15 is 0 Å². The number of aryl methyl sites for hydroxylation is 1. The van der Waals surface area contributed by atoms with Crippen LogP contribution in [0, 0.1) is 24.7 Å². The van der Waals surface area contributed by atoms with Crippen LogP contribution in [0.1, 0.15) is 45.6 Å². The maximum absolute atomic E-state index is 12.5. The number of para-hydroxylation sites is 1. The molecule has 6 nitrogen and oxygen atoms in total. The molecule has 2 aromatic rings. The van der Waals surface area contributed by atoms with E-state index in [-0.39, 0.29) is 17.8 Å². The van der Waals surface area contributed by atoms with E-state index in [0.29, 0.717) is 22.9 Å². The predicted octanol–water partition coefficient (Wildman–Crippen LogP) is 4.07. The smallest absolute Gasteiger partial charge is 0.316 e. The molecule has 1 fully saturated rings. The minimum Gasteiger partial charge on any atom is -0.461 e. The number of carbonyl (C=O) groups excluding carboxylic acids is 1. The summed E-state index contributed by atoms with van der Waals surface area (Å²) in [5.41, 5.74) is 1.99. The van der Waals surface area contributed by atoms with Gasteiger partial charge < -0.3 is 4.74 Å². The van der Waals surface area contributed by atoms with Crippen LogP contribution in [-0.4, -0.2) is 38.0 Å². The molecule has 0 amide bonds. The van der Waals surface area contributed by atoms with E-state index in [1.807, 2.05) is 31.2 Å². The molecule has 0 bridgehead atoms. The molecule has 3 rings (SSSR count). The number of aromatic nitrogens is 4. The van der Waals surface area contributed by atoms with Crippen molar-refractivity contribution in [3.05, 3.63) is 29.8 Å². The van der Waals surface area contributed by atoms with Crippen LogP contribution in [0.4, 0.5) is 0 Å². The second kappa shape index (κ2) is 8.87. The van der Waals surface area contributed by atoms with Crippen molar-refractivity contribution in [2.45, 2.75) is 58.2 Å². The van der Waals surface area contributed by atoms with Gasteiger partial charge in [0.2, 0.25) is 5.16 Å². The first kappa shape index (κ1) is 19.9. The number of rotatable bonds is 6. The minimum atomic E-state index is -0.191. The minimum absolute atomic E-state index is 0.0224. The zero-order chi connectivity index (χ0) is 19.4. The Morgan fingerprint density at radius 2 is 2.11 bits per heavy atom. The zero-order valence-corrected chi connectivity index (χ0v) is 17.3. The average Bonchev–Trinajstić information content (AvgIpc) is 3.08. The van der Waals surface area contributed by atoms with E-state index in [1.54, 1.807) is 4.68 Å². The predicted molar refractivity (Wildman–Crippen MR) is 106 cm³/mol. The molecule has 27 heavy (non-hydrogen) atoms. The Hall–Kier alpha value is -1.89. The number of tetrazole rings is 1. The van der Waals surface area contributed by atoms with Crippen molar-refractivity contribution in [2.75, 3.05) is 5.75 Å². The Kier molecular flexibility index (Phi) is 6.52. The molecule has 1 aromatic carbocycles. The van der Waals surface area contributed by atoms with E-state index in [0.717, 1.165) is 24.1 Å². The standard InChI is InChI=1S/C20H28N4O2S/c1-13(2)16-10-9-14(3)11-18(16)26-19(25)12-27-20-21-22-23-24(20)17-8-6-5-7-15(17)4/h5-8,13-14,16,18H,9-12H2,1-4H3/t14-,16-,18-/m1/s1. The lowest BCUT2D eigenvalue weighted by molar-refractivity contribution is -0.152. The number of esters is 1. The maximum atomic E-state index is 12.5. The van der Waals surface area contributed by atoms with E-state index in [1.165, 1.54) is 18.2 Å². The second-order valence-corrected chi connectivity index (χ2v) is 8.75. The molecule has 146 valence electrons. The Balaban J connectivity index is 1.62. The molecule has 0 unspecified atom stereocenters. The third-order valence-corrected chi connectivity index (χ3v) is 6.24. The van der Waals surface area contributed by atoms with Crippen LogP contribution in [0.3, 0.4) is 0 Å². The molecule has 0 radical (unpaired) electrons. The Labute approximate surface area is 165 Å². The molecule has 1 aliphatic rings. The van der Waals surface area contributed by atoms with Crippen molar-refractivity contribution in [3.63, 3.8) is 0 Å². The van der Waals surface area contributed by atoms with Gasteiger partial charge >= 0.3 is 5.97 Å². The van der Waals surface area contributed by atoms with Gasteiger partial charge in [-0.15, -0.1) is 5.10 Å². The SMILES string of the molecule is Cc1ccccc1-n1nnnc1SCC(=O)O[C@@H]1C[C@H](C)CC[C@@H]1C(C)C. The molecule has 1 saturated carbocycles. The highest BCUT2D eigenvalue weighted by Gasteiger charge is 2.33. The van der Waals surface area contributed by atoms with E-state index in [9.17, 15) is 4.79 Å². The van der Waals surface area contributed by atoms with Crippen molar-refractivity contribution < 1.29 is 9.53 Å². The normalized spacial score (nSPS) is 22.8. The molecular weight excluding hydrogens is 360 g/mol. The Morgan fingerprint density at radius 1 is 1.33 bits per heavy atom. The van der Waals surface area contributed by atoms with Gasteiger partial charge in [0.15, 0.2) is 0 Å². The number of benzene rings is 1. The van der Waals surface area contributed by atoms with E-state index in [4.69, 9.17) is 4.74 Å². The summed E-state index contributed by atoms with van der Waals surface area (Å²) in [6, 6.07) is 7.90. The van der Waals surface area contributed by atoms with E-state index < -0.39 is 0 Å². The van der Waals surface area contributed by atoms with Gasteiger partial charge in [-0.25, -0.2) is 0 Å². The van der Waals surface area contributed by atoms with Gasteiger partial charge in [0, 0.05) is 0 Å². The monoisotopic (exact) mass is 388 g/mol. The summed E-state index contributed by atoms with van der Waals surface area (Å²) in [7, 11) is 0. The van der Waals surface area contributed by atoms with Crippen molar-refractivity contribution in [3.8, 4) is 5.69 Å². The van der Waals surface area contributed by atoms with Gasteiger partial charge in [-0.1, -0.05) is 57.2 Å². The van der Waals surface area contributed by atoms with Crippen LogP contribution in [0.25, 0.3) is 5.69 Å². The fourth-order valence-corrected chi connectivity index (χ4v) is 4.46. The van der Waals surface area contributed by atoms with Gasteiger partial charge in [-0.05, 0) is 59.6 Å². The molecule has 0 saturated heterocycles. The number of hydrogen-bond donors (Lipinski definition) is 0. The molecule has 1 heterocycles. The highest BCUT2D eigenvalue weighted by Crippen LogP contribution is 2.35. The lowest BCUT2D eigenvalue weighted by atomic mass is 9.75. The molecule has 7 heteroatoms. The van der Waals surface area contributed by atoms with Crippen LogP contribution >= 0.6 is 11.8 Å². The van der Waals surface area contributed by atoms with Crippen LogP contribution in [0.15, 0.2) is 29.4 Å². The van der Waals surface area contributed by atoms with Crippen molar-refractivity contribution >= 4 is 17.7 Å². The molecule has 0 N–H and O–H groups in total. The summed E-state index contributed by atoms with van der Waals surface area (Å²) < 4.78 is 7.54. The maximum Gasteiger partial charge on any atom is 0.316 e. The fourth-order valence-electron chi connectivity index (χ4n) is 3.80. The van der Waals surface area contributed by atoms with Crippen molar-refractivity contribution in [1.82, 2.24) is 20.2 Å². The van der Waals surface area contributed by atoms with Crippen LogP contribution < -0.4 is 0 Å². The second-order valence-electron chi connectivity index (χ2n) is 7.80. The first-order valence-corrected chi connectivity index (χ1v) is 10.6. The number of hydrogen-bond acceptors (Lipinski definition) is 6. The summed E-state index contributed by atoms with van der Waals surface area (Å²) in [5.74, 6) is 1.61. The first-order valence-electron chi connectivity index (χ1n) is 9.62. The highest BCUT2D eigenvalue weighted by atomic mass is 32.2. The molecule has 1 aromatic heterocycles. The number of thioether (sulfide) groups is 1. The first-order chi connectivity index (χ1) is 13.0. The lowest BCUT2D eigenvalue weighted by Gasteiger charge is -2.36. The summed E-state index contributed by atoms with van der Waals surface area (Å²) >= 11 is 1.32. The Morgan fingerprint density at radius 3 is 2.85 bits per heavy atom. The lowest BCUT2D eigenvalue weighted by Crippen LogP contribution is -2.36. The highest BCUT2D eigenvalue weighted by molar-refractivity contribution is 7.99. The molecule has 0 aliphatic heterocycles. The van der Waals surface area contributed by atoms with Gasteiger partial charge in [0.1, 0.15) is 6.10 Å². The van der Waals surface area contributed by atoms with Gasteiger partial charge in [0.05, 0.1) is 11.4 Å². The van der Waals surface area contributed by atoms with Crippen molar-refractivity contribution in [2.24, 2.45) is 17.8 Å². The quantitative estimate of drug-likeness (QED) is 0.549. The number of ether oxygens (including phenoxy) is 1. The largest absolute Gasteiger partial charge is 0.461 e. The van der Waals surface area contributed by atoms with Gasteiger partial charge in [-0.2, -0.15) is 4.68 Å². The Bertz CT molecular complexity index is 777. The summed E-state index contributed by atoms with van der Waals surface area (Å²) in [6.07, 6.45) is 3.33. The van der Waals surface area contributed by atoms with Crippen molar-refractivity contribution in [1.29, 1.82) is 0 Å². The number of nitrogens with zero attached hydrogens (tertiary/aromatic N) is 4. The molecule has 3 atom stereocenters. The topological polar surface area (TPSA) is 69.9 Å². The fraction of sp³-hybridized carbons (Fsp3) is 0.600. The van der Waals surface area contributed by atoms with Gasteiger partial charge in [0.25, 0.3) is 0 Å². The number of carbonyl (C=O) groups is 1. The van der Waals surface area contributed by atoms with Crippen LogP contribution in [0.5, 0.6) is 0 Å². The summed E-state index contributed by atoms with van der Waals surface area (Å²) in [5, 5.41) is 12.5. The van der Waals surface area contributed by atoms with E-state index in [2.05, 4.69) is 36.3 Å². The molecular formula is C20H28N4O2S. The molecule has 1 aliphatic carbocycles. The third kappa shape index (κ3) is 4.89. The third-order valence-electron chi connectivity index (χ3n) is 5.35. The molecule has 0 spiro atoms.